The van der Waals surface area contributed by atoms with Gasteiger partial charge in [-0.25, -0.2) is 4.79 Å². The van der Waals surface area contributed by atoms with E-state index < -0.39 is 12.1 Å². The van der Waals surface area contributed by atoms with Crippen LogP contribution < -0.4 is 0 Å². The Balaban J connectivity index is 2.42. The van der Waals surface area contributed by atoms with Crippen LogP contribution in [-0.2, 0) is 9.53 Å². The second-order valence-corrected chi connectivity index (χ2v) is 4.77. The Morgan fingerprint density at radius 1 is 1.26 bits per heavy atom. The molecule has 1 atom stereocenters. The highest BCUT2D eigenvalue weighted by Crippen LogP contribution is 2.40. The first kappa shape index (κ1) is 12.3. The van der Waals surface area contributed by atoms with Gasteiger partial charge in [0.2, 0.25) is 0 Å². The Morgan fingerprint density at radius 3 is 2.58 bits per heavy atom. The maximum absolute atomic E-state index is 11.6. The minimum absolute atomic E-state index is 0.346. The molecule has 3 aromatic rings. The molecule has 1 aromatic carbocycles. The smallest absolute Gasteiger partial charge is 0.339 e. The van der Waals surface area contributed by atoms with Gasteiger partial charge in [-0.15, -0.1) is 0 Å². The number of aliphatic hydroxyl groups excluding tert-OH is 1. The maximum Gasteiger partial charge on any atom is 0.339 e. The van der Waals surface area contributed by atoms with Crippen molar-refractivity contribution in [3.63, 3.8) is 0 Å². The lowest BCUT2D eigenvalue weighted by molar-refractivity contribution is -0.150. The second kappa shape index (κ2) is 4.40. The SMILES string of the molecule is COC(=O)C(O)c1c2ccoc2c(Br)c2ccoc12. The number of esters is 1. The number of carbonyl (C=O) groups is 1. The molecule has 6 heteroatoms. The van der Waals surface area contributed by atoms with Crippen molar-refractivity contribution in [2.45, 2.75) is 6.10 Å². The van der Waals surface area contributed by atoms with Crippen LogP contribution in [0, 0.1) is 0 Å². The molecule has 0 bridgehead atoms. The van der Waals surface area contributed by atoms with E-state index in [9.17, 15) is 9.90 Å². The van der Waals surface area contributed by atoms with Crippen LogP contribution in [0.25, 0.3) is 21.9 Å². The van der Waals surface area contributed by atoms with Crippen molar-refractivity contribution in [2.75, 3.05) is 7.11 Å². The molecular formula is C13H9BrO5. The summed E-state index contributed by atoms with van der Waals surface area (Å²) in [7, 11) is 1.22. The number of hydrogen-bond acceptors (Lipinski definition) is 5. The first-order chi connectivity index (χ1) is 9.15. The van der Waals surface area contributed by atoms with E-state index in [1.54, 1.807) is 12.1 Å². The van der Waals surface area contributed by atoms with Gasteiger partial charge in [-0.3, -0.25) is 0 Å². The number of benzene rings is 1. The predicted molar refractivity (Wildman–Crippen MR) is 70.7 cm³/mol. The minimum atomic E-state index is -1.42. The van der Waals surface area contributed by atoms with Crippen molar-refractivity contribution >= 4 is 43.8 Å². The van der Waals surface area contributed by atoms with Crippen LogP contribution in [0.5, 0.6) is 0 Å². The van der Waals surface area contributed by atoms with Crippen LogP contribution in [0.3, 0.4) is 0 Å². The van der Waals surface area contributed by atoms with Crippen molar-refractivity contribution < 1.29 is 23.5 Å². The highest BCUT2D eigenvalue weighted by Gasteiger charge is 2.27. The minimum Gasteiger partial charge on any atom is -0.467 e. The summed E-state index contributed by atoms with van der Waals surface area (Å²) in [6.07, 6.45) is 1.55. The van der Waals surface area contributed by atoms with Gasteiger partial charge in [-0.1, -0.05) is 0 Å². The molecule has 3 rings (SSSR count). The van der Waals surface area contributed by atoms with Gasteiger partial charge < -0.3 is 18.7 Å². The fourth-order valence-electron chi connectivity index (χ4n) is 2.13. The quantitative estimate of drug-likeness (QED) is 0.733. The fraction of sp³-hybridized carbons (Fsp3) is 0.154. The summed E-state index contributed by atoms with van der Waals surface area (Å²) < 4.78 is 16.1. The number of halogens is 1. The summed E-state index contributed by atoms with van der Waals surface area (Å²) in [6, 6.07) is 3.40. The zero-order valence-corrected chi connectivity index (χ0v) is 11.4. The Kier molecular flexibility index (Phi) is 2.83. The fourth-order valence-corrected chi connectivity index (χ4v) is 2.75. The first-order valence-electron chi connectivity index (χ1n) is 5.46. The summed E-state index contributed by atoms with van der Waals surface area (Å²) >= 11 is 3.43. The molecule has 0 aliphatic rings. The molecule has 0 saturated heterocycles. The summed E-state index contributed by atoms with van der Waals surface area (Å²) in [6.45, 7) is 0. The number of hydrogen-bond donors (Lipinski definition) is 1. The first-order valence-corrected chi connectivity index (χ1v) is 6.26. The Hall–Kier alpha value is -1.79. The van der Waals surface area contributed by atoms with E-state index in [1.165, 1.54) is 19.6 Å². The monoisotopic (exact) mass is 324 g/mol. The van der Waals surface area contributed by atoms with Crippen molar-refractivity contribution in [1.82, 2.24) is 0 Å². The van der Waals surface area contributed by atoms with Crippen molar-refractivity contribution in [3.8, 4) is 0 Å². The molecule has 98 valence electrons. The topological polar surface area (TPSA) is 72.8 Å². The third kappa shape index (κ3) is 1.67. The molecule has 2 heterocycles. The van der Waals surface area contributed by atoms with Crippen LogP contribution >= 0.6 is 15.9 Å². The molecule has 0 saturated carbocycles. The van der Waals surface area contributed by atoms with Crippen LogP contribution in [0.4, 0.5) is 0 Å². The van der Waals surface area contributed by atoms with Gasteiger partial charge in [0.05, 0.1) is 24.1 Å². The van der Waals surface area contributed by atoms with E-state index in [-0.39, 0.29) is 0 Å². The molecule has 0 fully saturated rings. The van der Waals surface area contributed by atoms with Crippen LogP contribution in [-0.4, -0.2) is 18.2 Å². The number of carbonyl (C=O) groups excluding carboxylic acids is 1. The molecule has 0 aliphatic heterocycles. The Morgan fingerprint density at radius 2 is 1.89 bits per heavy atom. The summed E-state index contributed by atoms with van der Waals surface area (Å²) in [5.74, 6) is -0.748. The van der Waals surface area contributed by atoms with Crippen molar-refractivity contribution in [2.24, 2.45) is 0 Å². The zero-order chi connectivity index (χ0) is 13.6. The molecule has 5 nitrogen and oxygen atoms in total. The molecule has 0 radical (unpaired) electrons. The van der Waals surface area contributed by atoms with E-state index in [1.807, 2.05) is 0 Å². The predicted octanol–water partition coefficient (Wildman–Crippen LogP) is 3.15. The lowest BCUT2D eigenvalue weighted by Crippen LogP contribution is -2.14. The van der Waals surface area contributed by atoms with Gasteiger partial charge in [0, 0.05) is 16.3 Å². The highest BCUT2D eigenvalue weighted by atomic mass is 79.9. The zero-order valence-electron chi connectivity index (χ0n) is 9.84. The molecule has 0 aliphatic carbocycles. The molecular weight excluding hydrogens is 316 g/mol. The van der Waals surface area contributed by atoms with E-state index in [4.69, 9.17) is 8.83 Å². The standard InChI is InChI=1S/C13H9BrO5/c1-17-13(16)10(15)8-6-2-4-19-12(6)9(14)7-3-5-18-11(7)8/h2-5,10,15H,1H3. The lowest BCUT2D eigenvalue weighted by Gasteiger charge is -2.11. The Bertz CT molecular complexity index is 718. The molecule has 1 unspecified atom stereocenters. The maximum atomic E-state index is 11.6. The molecule has 0 amide bonds. The van der Waals surface area contributed by atoms with E-state index in [0.29, 0.717) is 22.1 Å². The van der Waals surface area contributed by atoms with Crippen LogP contribution in [0.15, 0.2) is 38.0 Å². The third-order valence-electron chi connectivity index (χ3n) is 3.00. The second-order valence-electron chi connectivity index (χ2n) is 3.98. The number of methoxy groups -OCH3 is 1. The van der Waals surface area contributed by atoms with Gasteiger partial charge in [0.1, 0.15) is 11.2 Å². The number of rotatable bonds is 2. The van der Waals surface area contributed by atoms with E-state index in [0.717, 1.165) is 9.86 Å². The number of furan rings is 2. The highest BCUT2D eigenvalue weighted by molar-refractivity contribution is 9.10. The average Bonchev–Trinajstić information content (AvgIpc) is 3.06. The molecule has 19 heavy (non-hydrogen) atoms. The van der Waals surface area contributed by atoms with Crippen molar-refractivity contribution in [1.29, 1.82) is 0 Å². The third-order valence-corrected chi connectivity index (χ3v) is 3.79. The average molecular weight is 325 g/mol. The van der Waals surface area contributed by atoms with Crippen LogP contribution in [0.1, 0.15) is 11.7 Å². The number of fused-ring (bicyclic) bond motifs is 2. The molecule has 0 spiro atoms. The van der Waals surface area contributed by atoms with Gasteiger partial charge >= 0.3 is 5.97 Å². The lowest BCUT2D eigenvalue weighted by atomic mass is 10.0. The largest absolute Gasteiger partial charge is 0.467 e. The van der Waals surface area contributed by atoms with Crippen LogP contribution in [0.2, 0.25) is 0 Å². The van der Waals surface area contributed by atoms with Gasteiger partial charge in [0.15, 0.2) is 6.10 Å². The summed E-state index contributed by atoms with van der Waals surface area (Å²) in [5, 5.41) is 11.4. The van der Waals surface area contributed by atoms with Crippen molar-refractivity contribution in [3.05, 3.63) is 34.7 Å². The van der Waals surface area contributed by atoms with Gasteiger partial charge in [-0.05, 0) is 28.1 Å². The van der Waals surface area contributed by atoms with E-state index >= 15 is 0 Å². The summed E-state index contributed by atoms with van der Waals surface area (Å²) in [5.41, 5.74) is 1.32. The molecule has 2 aromatic heterocycles. The number of aliphatic hydroxyl groups is 1. The Labute approximate surface area is 115 Å². The number of ether oxygens (including phenoxy) is 1. The normalized spacial score (nSPS) is 13.0. The van der Waals surface area contributed by atoms with Gasteiger partial charge in [0.25, 0.3) is 0 Å². The van der Waals surface area contributed by atoms with Gasteiger partial charge in [-0.2, -0.15) is 0 Å². The molecule has 1 N–H and O–H groups in total. The summed E-state index contributed by atoms with van der Waals surface area (Å²) in [4.78, 5) is 11.6. The van der Waals surface area contributed by atoms with E-state index in [2.05, 4.69) is 20.7 Å².